The topological polar surface area (TPSA) is 125 Å². The first-order chi connectivity index (χ1) is 10.9. The molecule has 1 amide bonds. The number of rotatable bonds is 6. The Balaban J connectivity index is 2.53. The normalized spacial score (nSPS) is 10.3. The number of carbonyl (C=O) groups excluding carboxylic acids is 1. The largest absolute Gasteiger partial charge is 0.494 e. The van der Waals surface area contributed by atoms with Crippen LogP contribution >= 0.6 is 0 Å². The van der Waals surface area contributed by atoms with E-state index in [2.05, 4.69) is 5.10 Å². The molecule has 0 saturated heterocycles. The summed E-state index contributed by atoms with van der Waals surface area (Å²) < 4.78 is 6.07. The molecule has 0 aliphatic heterocycles. The molecule has 0 aliphatic carbocycles. The van der Waals surface area contributed by atoms with Crippen molar-refractivity contribution in [2.45, 2.75) is 13.5 Å². The van der Waals surface area contributed by atoms with Crippen LogP contribution < -0.4 is 16.0 Å². The molecule has 0 bridgehead atoms. The van der Waals surface area contributed by atoms with Crippen LogP contribution in [0.25, 0.3) is 11.3 Å². The Morgan fingerprint density at radius 1 is 1.30 bits per heavy atom. The summed E-state index contributed by atoms with van der Waals surface area (Å²) in [5.41, 5.74) is 4.51. The lowest BCUT2D eigenvalue weighted by molar-refractivity contribution is -0.118. The molecule has 2 aromatic rings. The summed E-state index contributed by atoms with van der Waals surface area (Å²) in [6, 6.07) is 7.92. The highest BCUT2D eigenvalue weighted by Crippen LogP contribution is 2.20. The Bertz CT molecular complexity index is 796. The lowest BCUT2D eigenvalue weighted by atomic mass is 10.1. The Morgan fingerprint density at radius 2 is 1.96 bits per heavy atom. The second-order valence-electron chi connectivity index (χ2n) is 4.63. The number of hydrogen-bond acceptors (Lipinski definition) is 5. The molecule has 23 heavy (non-hydrogen) atoms. The number of hydrogen-bond donors (Lipinski definition) is 2. The minimum atomic E-state index is -1.40. The van der Waals surface area contributed by atoms with E-state index in [1.807, 2.05) is 6.92 Å². The highest BCUT2D eigenvalue weighted by atomic mass is 16.5. The summed E-state index contributed by atoms with van der Waals surface area (Å²) in [5.74, 6) is -1.54. The van der Waals surface area contributed by atoms with Crippen LogP contribution in [-0.2, 0) is 11.3 Å². The Labute approximate surface area is 131 Å². The zero-order chi connectivity index (χ0) is 17.0. The van der Waals surface area contributed by atoms with Crippen molar-refractivity contribution in [2.24, 2.45) is 5.73 Å². The van der Waals surface area contributed by atoms with E-state index in [1.54, 1.807) is 24.3 Å². The maximum Gasteiger partial charge on any atom is 0.341 e. The third-order valence-electron chi connectivity index (χ3n) is 2.97. The van der Waals surface area contributed by atoms with E-state index in [0.29, 0.717) is 17.9 Å². The third-order valence-corrected chi connectivity index (χ3v) is 2.97. The van der Waals surface area contributed by atoms with Crippen LogP contribution in [0.5, 0.6) is 5.75 Å². The first-order valence-corrected chi connectivity index (χ1v) is 6.79. The van der Waals surface area contributed by atoms with E-state index < -0.39 is 29.5 Å². The fraction of sp³-hybridized carbons (Fsp3) is 0.200. The number of ether oxygens (including phenoxy) is 1. The number of carboxylic acids is 1. The summed E-state index contributed by atoms with van der Waals surface area (Å²) in [5, 5.41) is 13.1. The number of carbonyl (C=O) groups is 2. The predicted octanol–water partition coefficient (Wildman–Crippen LogP) is 0.492. The first kappa shape index (κ1) is 16.2. The van der Waals surface area contributed by atoms with Crippen LogP contribution in [0.15, 0.2) is 35.1 Å². The Hall–Kier alpha value is -3.16. The molecule has 0 fully saturated rings. The van der Waals surface area contributed by atoms with Gasteiger partial charge in [0, 0.05) is 5.56 Å². The van der Waals surface area contributed by atoms with E-state index in [9.17, 15) is 14.4 Å². The van der Waals surface area contributed by atoms with Gasteiger partial charge in [-0.05, 0) is 37.3 Å². The molecule has 0 atom stereocenters. The van der Waals surface area contributed by atoms with Gasteiger partial charge in [0.25, 0.3) is 5.56 Å². The molecular weight excluding hydrogens is 302 g/mol. The van der Waals surface area contributed by atoms with Crippen molar-refractivity contribution >= 4 is 11.9 Å². The summed E-state index contributed by atoms with van der Waals surface area (Å²) in [6.45, 7) is 1.88. The zero-order valence-corrected chi connectivity index (χ0v) is 12.4. The van der Waals surface area contributed by atoms with Gasteiger partial charge in [0.2, 0.25) is 5.91 Å². The number of amides is 1. The van der Waals surface area contributed by atoms with Gasteiger partial charge in [-0.25, -0.2) is 9.48 Å². The van der Waals surface area contributed by atoms with Gasteiger partial charge >= 0.3 is 5.97 Å². The number of nitrogens with two attached hydrogens (primary N) is 1. The van der Waals surface area contributed by atoms with Crippen LogP contribution in [0.2, 0.25) is 0 Å². The van der Waals surface area contributed by atoms with Gasteiger partial charge in [-0.2, -0.15) is 5.10 Å². The molecule has 1 heterocycles. The van der Waals surface area contributed by atoms with Gasteiger partial charge in [-0.3, -0.25) is 9.59 Å². The molecule has 0 spiro atoms. The SMILES string of the molecule is CCOc1ccc(-c2cc(C(=O)O)c(=O)n(CC(N)=O)n2)cc1. The molecule has 0 unspecified atom stereocenters. The van der Waals surface area contributed by atoms with Gasteiger partial charge in [0.05, 0.1) is 12.3 Å². The number of aromatic carboxylic acids is 1. The molecule has 0 saturated carbocycles. The van der Waals surface area contributed by atoms with Gasteiger partial charge in [-0.15, -0.1) is 0 Å². The van der Waals surface area contributed by atoms with Crippen molar-refractivity contribution in [1.82, 2.24) is 9.78 Å². The molecule has 1 aromatic carbocycles. The van der Waals surface area contributed by atoms with E-state index >= 15 is 0 Å². The van der Waals surface area contributed by atoms with E-state index in [0.717, 1.165) is 10.7 Å². The Kier molecular flexibility index (Phi) is 4.75. The number of carboxylic acid groups (broad SMARTS) is 1. The van der Waals surface area contributed by atoms with Crippen molar-refractivity contribution in [3.8, 4) is 17.0 Å². The lowest BCUT2D eigenvalue weighted by Gasteiger charge is -2.08. The first-order valence-electron chi connectivity index (χ1n) is 6.79. The van der Waals surface area contributed by atoms with Crippen LogP contribution in [0.1, 0.15) is 17.3 Å². The van der Waals surface area contributed by atoms with Gasteiger partial charge < -0.3 is 15.6 Å². The number of primary amides is 1. The van der Waals surface area contributed by atoms with Crippen LogP contribution in [0.3, 0.4) is 0 Å². The predicted molar refractivity (Wildman–Crippen MR) is 81.3 cm³/mol. The minimum Gasteiger partial charge on any atom is -0.494 e. The second kappa shape index (κ2) is 6.73. The number of nitrogens with zero attached hydrogens (tertiary/aromatic N) is 2. The zero-order valence-electron chi connectivity index (χ0n) is 12.4. The van der Waals surface area contributed by atoms with Crippen molar-refractivity contribution in [2.75, 3.05) is 6.61 Å². The molecule has 120 valence electrons. The lowest BCUT2D eigenvalue weighted by Crippen LogP contribution is -2.33. The van der Waals surface area contributed by atoms with E-state index in [1.165, 1.54) is 0 Å². The molecule has 8 heteroatoms. The Morgan fingerprint density at radius 3 is 2.48 bits per heavy atom. The quantitative estimate of drug-likeness (QED) is 0.799. The molecule has 2 rings (SSSR count). The van der Waals surface area contributed by atoms with Gasteiger partial charge in [0.1, 0.15) is 17.9 Å². The average Bonchev–Trinajstić information content (AvgIpc) is 2.49. The average molecular weight is 317 g/mol. The summed E-state index contributed by atoms with van der Waals surface area (Å²) in [4.78, 5) is 34.2. The van der Waals surface area contributed by atoms with Gasteiger partial charge in [-0.1, -0.05) is 0 Å². The van der Waals surface area contributed by atoms with Crippen molar-refractivity contribution in [1.29, 1.82) is 0 Å². The van der Waals surface area contributed by atoms with Crippen molar-refractivity contribution < 1.29 is 19.4 Å². The van der Waals surface area contributed by atoms with Crippen LogP contribution in [0.4, 0.5) is 0 Å². The highest BCUT2D eigenvalue weighted by Gasteiger charge is 2.16. The van der Waals surface area contributed by atoms with E-state index in [4.69, 9.17) is 15.6 Å². The fourth-order valence-electron chi connectivity index (χ4n) is 1.98. The maximum atomic E-state index is 12.0. The second-order valence-corrected chi connectivity index (χ2v) is 4.63. The molecular formula is C15H15N3O5. The number of aromatic nitrogens is 2. The molecule has 1 aromatic heterocycles. The van der Waals surface area contributed by atoms with Crippen LogP contribution in [0, 0.1) is 0 Å². The van der Waals surface area contributed by atoms with Crippen LogP contribution in [-0.4, -0.2) is 33.4 Å². The summed E-state index contributed by atoms with van der Waals surface area (Å²) >= 11 is 0. The third kappa shape index (κ3) is 3.73. The number of benzene rings is 1. The minimum absolute atomic E-state index is 0.242. The molecule has 0 radical (unpaired) electrons. The monoisotopic (exact) mass is 317 g/mol. The summed E-state index contributed by atoms with van der Waals surface area (Å²) in [7, 11) is 0. The smallest absolute Gasteiger partial charge is 0.341 e. The van der Waals surface area contributed by atoms with E-state index in [-0.39, 0.29) is 5.69 Å². The standard InChI is InChI=1S/C15H15N3O5/c1-2-23-10-5-3-9(4-6-10)12-7-11(15(21)22)14(20)18(17-12)8-13(16)19/h3-7H,2,8H2,1H3,(H2,16,19)(H,21,22). The molecule has 3 N–H and O–H groups in total. The summed E-state index contributed by atoms with van der Waals surface area (Å²) in [6.07, 6.45) is 0. The maximum absolute atomic E-state index is 12.0. The fourth-order valence-corrected chi connectivity index (χ4v) is 1.98. The highest BCUT2D eigenvalue weighted by molar-refractivity contribution is 5.88. The van der Waals surface area contributed by atoms with Crippen molar-refractivity contribution in [3.63, 3.8) is 0 Å². The van der Waals surface area contributed by atoms with Gasteiger partial charge in [0.15, 0.2) is 0 Å². The van der Waals surface area contributed by atoms with Crippen molar-refractivity contribution in [3.05, 3.63) is 46.2 Å². The molecule has 8 nitrogen and oxygen atoms in total. The molecule has 0 aliphatic rings.